The van der Waals surface area contributed by atoms with Gasteiger partial charge in [0.05, 0.1) is 24.8 Å². The van der Waals surface area contributed by atoms with Gasteiger partial charge in [0.2, 0.25) is 0 Å². The number of ether oxygens (including phenoxy) is 2. The summed E-state index contributed by atoms with van der Waals surface area (Å²) in [6, 6.07) is 12.1. The third-order valence-corrected chi connectivity index (χ3v) is 6.20. The van der Waals surface area contributed by atoms with E-state index in [1.54, 1.807) is 11.0 Å². The standard InChI is InChI=1S/C29H38N2O5/c1-7-17-36-22-12-9-20(10-13-22)26-25(28(33)29(34)31(26)16-15-30(5)6)27(32)21-11-14-24(35-8-2)23(18-21)19(3)4/h9-14,18-19,26,32H,7-8,15-17H2,1-6H3/b27-25-. The SMILES string of the molecule is CCCOc1ccc(C2/C(=C(/O)c3ccc(OCC)c(C(C)C)c3)C(=O)C(=O)N2CCN(C)C)cc1. The molecule has 1 atom stereocenters. The number of hydrogen-bond donors (Lipinski definition) is 1. The number of aliphatic hydroxyl groups excluding tert-OH is 1. The van der Waals surface area contributed by atoms with Crippen LogP contribution in [0.25, 0.3) is 5.76 Å². The zero-order chi connectivity index (χ0) is 26.4. The van der Waals surface area contributed by atoms with Gasteiger partial charge in [-0.25, -0.2) is 0 Å². The molecular formula is C29H38N2O5. The molecule has 1 aliphatic rings. The molecule has 2 aromatic rings. The number of benzene rings is 2. The van der Waals surface area contributed by atoms with Crippen molar-refractivity contribution < 1.29 is 24.2 Å². The maximum atomic E-state index is 13.3. The van der Waals surface area contributed by atoms with Crippen molar-refractivity contribution in [2.24, 2.45) is 0 Å². The lowest BCUT2D eigenvalue weighted by atomic mass is 9.93. The molecule has 0 aromatic heterocycles. The number of carbonyl (C=O) groups is 2. The van der Waals surface area contributed by atoms with Crippen molar-refractivity contribution in [2.75, 3.05) is 40.4 Å². The van der Waals surface area contributed by atoms with Crippen LogP contribution in [0.2, 0.25) is 0 Å². The summed E-state index contributed by atoms with van der Waals surface area (Å²) < 4.78 is 11.5. The molecule has 1 unspecified atom stereocenters. The maximum Gasteiger partial charge on any atom is 0.295 e. The number of amides is 1. The third kappa shape index (κ3) is 5.90. The first-order valence-electron chi connectivity index (χ1n) is 12.6. The van der Waals surface area contributed by atoms with Gasteiger partial charge in [0.25, 0.3) is 11.7 Å². The topological polar surface area (TPSA) is 79.3 Å². The molecule has 0 bridgehead atoms. The van der Waals surface area contributed by atoms with E-state index in [2.05, 4.69) is 0 Å². The van der Waals surface area contributed by atoms with Crippen LogP contribution in [0.3, 0.4) is 0 Å². The van der Waals surface area contributed by atoms with Crippen LogP contribution in [-0.2, 0) is 9.59 Å². The molecule has 7 nitrogen and oxygen atoms in total. The Morgan fingerprint density at radius 3 is 2.33 bits per heavy atom. The molecule has 7 heteroatoms. The number of nitrogens with zero attached hydrogens (tertiary/aromatic N) is 2. The second-order valence-corrected chi connectivity index (χ2v) is 9.55. The summed E-state index contributed by atoms with van der Waals surface area (Å²) in [5, 5.41) is 11.4. The lowest BCUT2D eigenvalue weighted by Crippen LogP contribution is -2.35. The number of likely N-dealkylation sites (N-methyl/N-ethyl adjacent to an activating group) is 1. The maximum absolute atomic E-state index is 13.3. The van der Waals surface area contributed by atoms with Crippen LogP contribution < -0.4 is 9.47 Å². The number of hydrogen-bond acceptors (Lipinski definition) is 6. The van der Waals surface area contributed by atoms with Gasteiger partial charge in [-0.3, -0.25) is 9.59 Å². The zero-order valence-electron chi connectivity index (χ0n) is 22.2. The molecule has 1 N–H and O–H groups in total. The minimum atomic E-state index is -0.695. The first-order valence-corrected chi connectivity index (χ1v) is 12.6. The first-order chi connectivity index (χ1) is 17.2. The van der Waals surface area contributed by atoms with Crippen LogP contribution in [0, 0.1) is 0 Å². The predicted molar refractivity (Wildman–Crippen MR) is 141 cm³/mol. The molecule has 1 aliphatic heterocycles. The first kappa shape index (κ1) is 27.3. The second kappa shape index (κ2) is 12.1. The Bertz CT molecular complexity index is 1110. The fraction of sp³-hybridized carbons (Fsp3) is 0.448. The van der Waals surface area contributed by atoms with Gasteiger partial charge in [0, 0.05) is 18.7 Å². The lowest BCUT2D eigenvalue weighted by Gasteiger charge is -2.26. The summed E-state index contributed by atoms with van der Waals surface area (Å²) in [6.07, 6.45) is 0.896. The van der Waals surface area contributed by atoms with Crippen molar-refractivity contribution >= 4 is 17.4 Å². The van der Waals surface area contributed by atoms with Crippen LogP contribution in [0.1, 0.15) is 62.8 Å². The fourth-order valence-electron chi connectivity index (χ4n) is 4.32. The molecular weight excluding hydrogens is 456 g/mol. The van der Waals surface area contributed by atoms with Crippen LogP contribution >= 0.6 is 0 Å². The van der Waals surface area contributed by atoms with Crippen molar-refractivity contribution in [1.82, 2.24) is 9.80 Å². The van der Waals surface area contributed by atoms with E-state index in [4.69, 9.17) is 9.47 Å². The molecule has 1 fully saturated rings. The molecule has 1 heterocycles. The van der Waals surface area contributed by atoms with E-state index in [0.29, 0.717) is 31.9 Å². The molecule has 194 valence electrons. The average Bonchev–Trinajstić information content (AvgIpc) is 3.11. The molecule has 1 amide bonds. The van der Waals surface area contributed by atoms with Crippen molar-refractivity contribution in [2.45, 2.75) is 46.1 Å². The summed E-state index contributed by atoms with van der Waals surface area (Å²) in [4.78, 5) is 29.9. The van der Waals surface area contributed by atoms with E-state index in [-0.39, 0.29) is 17.3 Å². The van der Waals surface area contributed by atoms with Gasteiger partial charge < -0.3 is 24.4 Å². The molecule has 0 radical (unpaired) electrons. The van der Waals surface area contributed by atoms with Crippen LogP contribution in [0.15, 0.2) is 48.0 Å². The molecule has 2 aromatic carbocycles. The highest BCUT2D eigenvalue weighted by molar-refractivity contribution is 6.46. The monoisotopic (exact) mass is 494 g/mol. The Balaban J connectivity index is 2.12. The smallest absolute Gasteiger partial charge is 0.295 e. The molecule has 0 saturated carbocycles. The van der Waals surface area contributed by atoms with Gasteiger partial charge in [-0.05, 0) is 74.8 Å². The molecule has 0 aliphatic carbocycles. The van der Waals surface area contributed by atoms with Crippen LogP contribution in [-0.4, -0.2) is 67.0 Å². The van der Waals surface area contributed by atoms with Gasteiger partial charge in [0.15, 0.2) is 0 Å². The Hall–Kier alpha value is -3.32. The van der Waals surface area contributed by atoms with E-state index in [1.165, 1.54) is 0 Å². The van der Waals surface area contributed by atoms with E-state index in [0.717, 1.165) is 29.0 Å². The number of rotatable bonds is 11. The molecule has 0 spiro atoms. The Morgan fingerprint density at radius 2 is 1.75 bits per heavy atom. The fourth-order valence-corrected chi connectivity index (χ4v) is 4.32. The van der Waals surface area contributed by atoms with Crippen molar-refractivity contribution in [3.8, 4) is 11.5 Å². The Kier molecular flexibility index (Phi) is 9.15. The third-order valence-electron chi connectivity index (χ3n) is 6.20. The highest BCUT2D eigenvalue weighted by atomic mass is 16.5. The quantitative estimate of drug-likeness (QED) is 0.270. The summed E-state index contributed by atoms with van der Waals surface area (Å²) >= 11 is 0. The van der Waals surface area contributed by atoms with Crippen LogP contribution in [0.4, 0.5) is 0 Å². The average molecular weight is 495 g/mol. The van der Waals surface area contributed by atoms with E-state index in [1.807, 2.05) is 83.1 Å². The highest BCUT2D eigenvalue weighted by Gasteiger charge is 2.46. The number of likely N-dealkylation sites (tertiary alicyclic amines) is 1. The van der Waals surface area contributed by atoms with Crippen molar-refractivity contribution in [1.29, 1.82) is 0 Å². The number of ketones is 1. The summed E-state index contributed by atoms with van der Waals surface area (Å²) in [6.45, 7) is 10.1. The normalized spacial score (nSPS) is 17.3. The summed E-state index contributed by atoms with van der Waals surface area (Å²) in [5.74, 6) is 0.149. The minimum absolute atomic E-state index is 0.0971. The number of aliphatic hydroxyl groups is 1. The van der Waals surface area contributed by atoms with E-state index in [9.17, 15) is 14.7 Å². The predicted octanol–water partition coefficient (Wildman–Crippen LogP) is 4.98. The van der Waals surface area contributed by atoms with Crippen molar-refractivity contribution in [3.05, 3.63) is 64.7 Å². The van der Waals surface area contributed by atoms with Crippen molar-refractivity contribution in [3.63, 3.8) is 0 Å². The van der Waals surface area contributed by atoms with Gasteiger partial charge >= 0.3 is 0 Å². The Labute approximate surface area is 214 Å². The van der Waals surface area contributed by atoms with Gasteiger partial charge in [0.1, 0.15) is 17.3 Å². The number of carbonyl (C=O) groups excluding carboxylic acids is 2. The molecule has 3 rings (SSSR count). The minimum Gasteiger partial charge on any atom is -0.507 e. The van der Waals surface area contributed by atoms with E-state index < -0.39 is 17.7 Å². The second-order valence-electron chi connectivity index (χ2n) is 9.55. The van der Waals surface area contributed by atoms with Gasteiger partial charge in [-0.1, -0.05) is 32.9 Å². The summed E-state index contributed by atoms with van der Waals surface area (Å²) in [5.41, 5.74) is 2.26. The zero-order valence-corrected chi connectivity index (χ0v) is 22.2. The Morgan fingerprint density at radius 1 is 1.06 bits per heavy atom. The molecule has 36 heavy (non-hydrogen) atoms. The highest BCUT2D eigenvalue weighted by Crippen LogP contribution is 2.40. The lowest BCUT2D eigenvalue weighted by molar-refractivity contribution is -0.140. The van der Waals surface area contributed by atoms with Gasteiger partial charge in [-0.15, -0.1) is 0 Å². The largest absolute Gasteiger partial charge is 0.507 e. The molecule has 1 saturated heterocycles. The summed E-state index contributed by atoms with van der Waals surface area (Å²) in [7, 11) is 3.83. The van der Waals surface area contributed by atoms with Crippen LogP contribution in [0.5, 0.6) is 11.5 Å². The van der Waals surface area contributed by atoms with E-state index >= 15 is 0 Å². The van der Waals surface area contributed by atoms with Gasteiger partial charge in [-0.2, -0.15) is 0 Å². The number of Topliss-reactive ketones (excluding diaryl/α,β-unsaturated/α-hetero) is 1.